The van der Waals surface area contributed by atoms with E-state index < -0.39 is 76.9 Å². The molecule has 0 heterocycles. The Hall–Kier alpha value is -0.980. The van der Waals surface area contributed by atoms with Crippen LogP contribution < -0.4 is 0 Å². The average molecular weight is 765 g/mol. The molecule has 5 unspecified atom stereocenters. The molecule has 0 aromatic carbocycles. The normalized spacial score (nSPS) is 17.1. The second kappa shape index (κ2) is 24.2. The third-order valence-electron chi connectivity index (χ3n) is 7.14. The van der Waals surface area contributed by atoms with Gasteiger partial charge in [0.05, 0.1) is 60.2 Å². The predicted octanol–water partition coefficient (Wildman–Crippen LogP) is 2.51. The van der Waals surface area contributed by atoms with Crippen molar-refractivity contribution in [2.24, 2.45) is 40.4 Å². The standard InChI is InChI=1S/C30H52O12S5/c1-19(6-43)24(32)38-14-29(11-31,15-39-25(33)20(2)7-44)12-37-13-30(16-40-26(34)21(3)8-45,17-41-27(35)22(4)9-46)18-42-28(36)23(5)10-47/h19-23,31,43-47H,6-18H2,1-5H3. The number of esters is 5. The summed E-state index contributed by atoms with van der Waals surface area (Å²) < 4.78 is 33.6. The fourth-order valence-electron chi connectivity index (χ4n) is 3.20. The van der Waals surface area contributed by atoms with Crippen LogP contribution in [0.3, 0.4) is 0 Å². The number of hydrogen-bond donors (Lipinski definition) is 6. The largest absolute Gasteiger partial charge is 0.465 e. The summed E-state index contributed by atoms with van der Waals surface area (Å²) in [5.74, 6) is -4.66. The summed E-state index contributed by atoms with van der Waals surface area (Å²) in [6.07, 6.45) is 0. The van der Waals surface area contributed by atoms with E-state index in [1.54, 1.807) is 34.6 Å². The van der Waals surface area contributed by atoms with Crippen LogP contribution >= 0.6 is 63.1 Å². The van der Waals surface area contributed by atoms with Crippen LogP contribution in [0.5, 0.6) is 0 Å². The minimum Gasteiger partial charge on any atom is -0.465 e. The van der Waals surface area contributed by atoms with Crippen molar-refractivity contribution in [1.29, 1.82) is 0 Å². The summed E-state index contributed by atoms with van der Waals surface area (Å²) in [6.45, 7) is 4.91. The van der Waals surface area contributed by atoms with Crippen molar-refractivity contribution < 1.29 is 57.5 Å². The van der Waals surface area contributed by atoms with Crippen LogP contribution in [-0.4, -0.2) is 117 Å². The summed E-state index contributed by atoms with van der Waals surface area (Å²) in [5.41, 5.74) is -2.84. The van der Waals surface area contributed by atoms with Gasteiger partial charge < -0.3 is 33.5 Å². The minimum atomic E-state index is -1.42. The Morgan fingerprint density at radius 2 is 0.660 bits per heavy atom. The van der Waals surface area contributed by atoms with E-state index in [9.17, 15) is 29.1 Å². The lowest BCUT2D eigenvalue weighted by Crippen LogP contribution is -2.47. The SMILES string of the molecule is CC(CS)C(=O)OCC(CO)(COCC(COC(=O)C(C)CS)(COC(=O)C(C)CS)COC(=O)C(C)CS)COC(=O)C(C)CS. The second-order valence-corrected chi connectivity index (χ2v) is 13.9. The highest BCUT2D eigenvalue weighted by Crippen LogP contribution is 2.27. The molecule has 5 atom stereocenters. The Bertz CT molecular complexity index is 894. The zero-order valence-corrected chi connectivity index (χ0v) is 32.2. The first-order chi connectivity index (χ1) is 22.1. The summed E-state index contributed by atoms with van der Waals surface area (Å²) in [4.78, 5) is 62.9. The first-order valence-electron chi connectivity index (χ1n) is 15.2. The molecule has 47 heavy (non-hydrogen) atoms. The number of carbonyl (C=O) groups is 5. The van der Waals surface area contributed by atoms with E-state index in [-0.39, 0.29) is 75.0 Å². The lowest BCUT2D eigenvalue weighted by atomic mass is 9.90. The highest BCUT2D eigenvalue weighted by Gasteiger charge is 2.41. The van der Waals surface area contributed by atoms with Crippen molar-refractivity contribution in [3.8, 4) is 0 Å². The van der Waals surface area contributed by atoms with E-state index in [0.717, 1.165) is 0 Å². The van der Waals surface area contributed by atoms with Gasteiger partial charge in [-0.15, -0.1) is 0 Å². The molecule has 0 spiro atoms. The zero-order chi connectivity index (χ0) is 36.2. The molecule has 12 nitrogen and oxygen atoms in total. The van der Waals surface area contributed by atoms with Gasteiger partial charge in [0.15, 0.2) is 0 Å². The molecule has 0 aliphatic rings. The smallest absolute Gasteiger partial charge is 0.309 e. The van der Waals surface area contributed by atoms with Gasteiger partial charge in [-0.2, -0.15) is 63.1 Å². The molecule has 0 aromatic rings. The number of aliphatic hydroxyl groups is 1. The Balaban J connectivity index is 6.43. The summed E-state index contributed by atoms with van der Waals surface area (Å²) >= 11 is 20.7. The van der Waals surface area contributed by atoms with Crippen molar-refractivity contribution in [3.63, 3.8) is 0 Å². The van der Waals surface area contributed by atoms with Crippen molar-refractivity contribution >= 4 is 93.0 Å². The summed E-state index contributed by atoms with van der Waals surface area (Å²) in [6, 6.07) is 0. The van der Waals surface area contributed by atoms with Gasteiger partial charge in [-0.1, -0.05) is 34.6 Å². The Labute approximate surface area is 305 Å². The van der Waals surface area contributed by atoms with Gasteiger partial charge in [0, 0.05) is 28.8 Å². The average Bonchev–Trinajstić information content (AvgIpc) is 3.09. The number of thiol groups is 5. The number of carbonyl (C=O) groups excluding carboxylic acids is 5. The molecule has 0 saturated carbocycles. The van der Waals surface area contributed by atoms with Crippen LogP contribution in [0.2, 0.25) is 0 Å². The van der Waals surface area contributed by atoms with E-state index in [1.165, 1.54) is 0 Å². The molecule has 0 rings (SSSR count). The molecular weight excluding hydrogens is 713 g/mol. The van der Waals surface area contributed by atoms with Gasteiger partial charge in [-0.25, -0.2) is 0 Å². The van der Waals surface area contributed by atoms with Crippen molar-refractivity contribution in [2.45, 2.75) is 34.6 Å². The van der Waals surface area contributed by atoms with Gasteiger partial charge >= 0.3 is 29.8 Å². The van der Waals surface area contributed by atoms with Crippen LogP contribution in [0.1, 0.15) is 34.6 Å². The number of hydrogen-bond acceptors (Lipinski definition) is 17. The number of aliphatic hydroxyl groups excluding tert-OH is 1. The first-order valence-corrected chi connectivity index (χ1v) is 18.3. The number of ether oxygens (including phenoxy) is 6. The van der Waals surface area contributed by atoms with Gasteiger partial charge in [-0.05, 0) is 0 Å². The van der Waals surface area contributed by atoms with Gasteiger partial charge in [0.25, 0.3) is 0 Å². The lowest BCUT2D eigenvalue weighted by Gasteiger charge is -2.35. The third kappa shape index (κ3) is 17.0. The summed E-state index contributed by atoms with van der Waals surface area (Å²) in [7, 11) is 0. The quantitative estimate of drug-likeness (QED) is 0.0459. The van der Waals surface area contributed by atoms with E-state index in [0.29, 0.717) is 0 Å². The van der Waals surface area contributed by atoms with Crippen molar-refractivity contribution in [3.05, 3.63) is 0 Å². The molecule has 0 aliphatic carbocycles. The molecule has 17 heteroatoms. The van der Waals surface area contributed by atoms with Crippen LogP contribution in [0.4, 0.5) is 0 Å². The first kappa shape index (κ1) is 46.0. The molecule has 1 N–H and O–H groups in total. The molecule has 0 saturated heterocycles. The van der Waals surface area contributed by atoms with Crippen LogP contribution in [0.15, 0.2) is 0 Å². The summed E-state index contributed by atoms with van der Waals surface area (Å²) in [5, 5.41) is 10.5. The maximum atomic E-state index is 12.7. The van der Waals surface area contributed by atoms with E-state index in [4.69, 9.17) is 28.4 Å². The maximum absolute atomic E-state index is 12.7. The Morgan fingerprint density at radius 1 is 0.447 bits per heavy atom. The minimum absolute atomic E-state index is 0.208. The van der Waals surface area contributed by atoms with E-state index in [1.807, 2.05) is 0 Å². The second-order valence-electron chi connectivity index (χ2n) is 12.1. The highest BCUT2D eigenvalue weighted by atomic mass is 32.1. The van der Waals surface area contributed by atoms with E-state index in [2.05, 4.69) is 63.1 Å². The van der Waals surface area contributed by atoms with Crippen LogP contribution in [-0.2, 0) is 52.4 Å². The van der Waals surface area contributed by atoms with Gasteiger partial charge in [-0.3, -0.25) is 24.0 Å². The lowest BCUT2D eigenvalue weighted by molar-refractivity contribution is -0.176. The topological polar surface area (TPSA) is 161 Å². The van der Waals surface area contributed by atoms with Gasteiger partial charge in [0.1, 0.15) is 33.0 Å². The fourth-order valence-corrected chi connectivity index (χ4v) is 3.95. The monoisotopic (exact) mass is 764 g/mol. The zero-order valence-electron chi connectivity index (χ0n) is 27.8. The van der Waals surface area contributed by atoms with Crippen LogP contribution in [0, 0.1) is 40.4 Å². The molecule has 0 amide bonds. The molecule has 0 aliphatic heterocycles. The molecule has 274 valence electrons. The van der Waals surface area contributed by atoms with Crippen LogP contribution in [0.25, 0.3) is 0 Å². The maximum Gasteiger partial charge on any atom is 0.309 e. The molecule has 0 fully saturated rings. The Morgan fingerprint density at radius 3 is 0.872 bits per heavy atom. The number of rotatable bonds is 25. The fraction of sp³-hybridized carbons (Fsp3) is 0.833. The Kier molecular flexibility index (Phi) is 23.7. The molecular formula is C30H52O12S5. The van der Waals surface area contributed by atoms with Gasteiger partial charge in [0.2, 0.25) is 0 Å². The molecule has 0 radical (unpaired) electrons. The third-order valence-corrected chi connectivity index (χ3v) is 9.87. The molecule has 0 bridgehead atoms. The van der Waals surface area contributed by atoms with Crippen molar-refractivity contribution in [2.75, 3.05) is 81.6 Å². The van der Waals surface area contributed by atoms with E-state index >= 15 is 0 Å². The van der Waals surface area contributed by atoms with Crippen molar-refractivity contribution in [1.82, 2.24) is 0 Å². The highest BCUT2D eigenvalue weighted by molar-refractivity contribution is 7.80. The predicted molar refractivity (Wildman–Crippen MR) is 193 cm³/mol. The molecule has 0 aromatic heterocycles.